The molecule has 0 bridgehead atoms. The van der Waals surface area contributed by atoms with Gasteiger partial charge in [0.2, 0.25) is 0 Å². The summed E-state index contributed by atoms with van der Waals surface area (Å²) in [6.07, 6.45) is -0.0676. The number of carbonyl (C=O) groups excluding carboxylic acids is 1. The van der Waals surface area contributed by atoms with Crippen molar-refractivity contribution in [3.8, 4) is 0 Å². The van der Waals surface area contributed by atoms with Crippen LogP contribution in [0.15, 0.2) is 0 Å². The minimum Gasteiger partial charge on any atom is -0.481 e. The van der Waals surface area contributed by atoms with E-state index in [9.17, 15) is 14.4 Å². The minimum atomic E-state index is -0.963. The van der Waals surface area contributed by atoms with Crippen LogP contribution in [0.3, 0.4) is 0 Å². The molecule has 0 aromatic carbocycles. The summed E-state index contributed by atoms with van der Waals surface area (Å²) in [6, 6.07) is -0.731. The van der Waals surface area contributed by atoms with Crippen molar-refractivity contribution in [2.75, 3.05) is 6.54 Å². The third-order valence-corrected chi connectivity index (χ3v) is 1.23. The number of Topliss-reactive ketones (excluding diaryl/α,β-unsaturated/α-hetero) is 1. The van der Waals surface area contributed by atoms with Crippen LogP contribution in [-0.4, -0.2) is 40.5 Å². The van der Waals surface area contributed by atoms with Crippen molar-refractivity contribution in [1.82, 2.24) is 0 Å². The van der Waals surface area contributed by atoms with E-state index in [0.29, 0.717) is 0 Å². The summed E-state index contributed by atoms with van der Waals surface area (Å²) in [5.41, 5.74) is 9.75. The molecule has 0 rings (SSSR count). The minimum absolute atomic E-state index is 0.0475. The lowest BCUT2D eigenvalue weighted by atomic mass is 10.2. The van der Waals surface area contributed by atoms with Crippen molar-refractivity contribution in [1.29, 1.82) is 0 Å². The Morgan fingerprint density at radius 2 is 1.60 bits per heavy atom. The molecule has 6 N–H and O–H groups in total. The van der Waals surface area contributed by atoms with Gasteiger partial charge < -0.3 is 21.7 Å². The van der Waals surface area contributed by atoms with E-state index < -0.39 is 18.0 Å². The first-order valence-corrected chi connectivity index (χ1v) is 4.23. The van der Waals surface area contributed by atoms with Crippen molar-refractivity contribution in [3.05, 3.63) is 0 Å². The molecule has 15 heavy (non-hydrogen) atoms. The molecule has 0 unspecified atom stereocenters. The highest BCUT2D eigenvalue weighted by Gasteiger charge is 2.01. The van der Waals surface area contributed by atoms with Crippen LogP contribution in [0.1, 0.15) is 19.8 Å². The van der Waals surface area contributed by atoms with Gasteiger partial charge in [-0.15, -0.1) is 0 Å². The van der Waals surface area contributed by atoms with Crippen LogP contribution in [0.25, 0.3) is 0 Å². The van der Waals surface area contributed by atoms with E-state index >= 15 is 0 Å². The van der Waals surface area contributed by atoms with Gasteiger partial charge in [-0.3, -0.25) is 14.4 Å². The van der Waals surface area contributed by atoms with Gasteiger partial charge in [0.15, 0.2) is 0 Å². The maximum absolute atomic E-state index is 10.3. The van der Waals surface area contributed by atoms with Crippen molar-refractivity contribution in [2.24, 2.45) is 11.5 Å². The third-order valence-electron chi connectivity index (χ3n) is 1.23. The maximum Gasteiger partial charge on any atom is 0.320 e. The number of carbonyl (C=O) groups is 3. The average molecular weight is 220 g/mol. The molecule has 88 valence electrons. The van der Waals surface area contributed by atoms with E-state index in [1.165, 1.54) is 6.92 Å². The fourth-order valence-corrected chi connectivity index (χ4v) is 0.348. The Morgan fingerprint density at radius 3 is 1.80 bits per heavy atom. The number of nitrogens with two attached hydrogens (primary N) is 2. The standard InChI is InChI=1S/C5H9NO3.C3H7NO2/c6-3-4(7)1-2-5(8)9;1-2(4)3(5)6/h1-3,6H2,(H,8,9);2H,4H2,1H3,(H,5,6)/t;2-/m.0/s1. The second-order valence-corrected chi connectivity index (χ2v) is 2.76. The molecule has 0 saturated carbocycles. The third kappa shape index (κ3) is 15.3. The molecule has 0 amide bonds. The van der Waals surface area contributed by atoms with Gasteiger partial charge in [0, 0.05) is 6.42 Å². The molecule has 7 nitrogen and oxygen atoms in total. The molecule has 0 aliphatic heterocycles. The summed E-state index contributed by atoms with van der Waals surface area (Å²) in [4.78, 5) is 29.7. The lowest BCUT2D eigenvalue weighted by molar-refractivity contribution is -0.139. The van der Waals surface area contributed by atoms with E-state index in [-0.39, 0.29) is 25.2 Å². The molecule has 0 aromatic rings. The lowest BCUT2D eigenvalue weighted by Crippen LogP contribution is -2.25. The highest BCUT2D eigenvalue weighted by atomic mass is 16.4. The first-order chi connectivity index (χ1) is 6.81. The van der Waals surface area contributed by atoms with Gasteiger partial charge in [0.25, 0.3) is 0 Å². The van der Waals surface area contributed by atoms with E-state index in [2.05, 4.69) is 0 Å². The second kappa shape index (κ2) is 9.10. The highest BCUT2D eigenvalue weighted by Crippen LogP contribution is 1.87. The Morgan fingerprint density at radius 1 is 1.20 bits per heavy atom. The van der Waals surface area contributed by atoms with Crippen LogP contribution in [0.2, 0.25) is 0 Å². The van der Waals surface area contributed by atoms with Crippen molar-refractivity contribution >= 4 is 17.7 Å². The fourth-order valence-electron chi connectivity index (χ4n) is 0.348. The number of carboxylic acid groups (broad SMARTS) is 2. The molecule has 0 saturated heterocycles. The molecule has 0 aliphatic rings. The Balaban J connectivity index is 0. The number of hydrogen-bond acceptors (Lipinski definition) is 5. The first-order valence-electron chi connectivity index (χ1n) is 4.23. The second-order valence-electron chi connectivity index (χ2n) is 2.76. The number of carboxylic acids is 2. The monoisotopic (exact) mass is 220 g/mol. The summed E-state index contributed by atoms with van der Waals surface area (Å²) in [5, 5.41) is 15.9. The molecule has 1 atom stereocenters. The predicted octanol–water partition coefficient (Wildman–Crippen LogP) is -1.20. The molecule has 0 radical (unpaired) electrons. The van der Waals surface area contributed by atoms with Crippen LogP contribution in [0, 0.1) is 0 Å². The number of rotatable bonds is 5. The molecule has 7 heteroatoms. The normalized spacial score (nSPS) is 10.9. The summed E-state index contributed by atoms with van der Waals surface area (Å²) >= 11 is 0. The molecule has 0 fully saturated rings. The van der Waals surface area contributed by atoms with Crippen LogP contribution >= 0.6 is 0 Å². The van der Waals surface area contributed by atoms with Gasteiger partial charge in [-0.2, -0.15) is 0 Å². The van der Waals surface area contributed by atoms with E-state index in [4.69, 9.17) is 21.7 Å². The summed E-state index contributed by atoms with van der Waals surface area (Å²) in [7, 11) is 0. The Bertz CT molecular complexity index is 227. The van der Waals surface area contributed by atoms with Gasteiger partial charge in [-0.05, 0) is 6.92 Å². The van der Waals surface area contributed by atoms with Crippen LogP contribution in [-0.2, 0) is 14.4 Å². The topological polar surface area (TPSA) is 144 Å². The lowest BCUT2D eigenvalue weighted by Gasteiger charge is -1.90. The zero-order chi connectivity index (χ0) is 12.4. The number of hydrogen-bond donors (Lipinski definition) is 4. The van der Waals surface area contributed by atoms with Gasteiger partial charge in [-0.1, -0.05) is 0 Å². The Kier molecular flexibility index (Phi) is 9.69. The van der Waals surface area contributed by atoms with Gasteiger partial charge >= 0.3 is 11.9 Å². The molecule has 0 aromatic heterocycles. The Labute approximate surface area is 87.1 Å². The van der Waals surface area contributed by atoms with Gasteiger partial charge in [-0.25, -0.2) is 0 Å². The van der Waals surface area contributed by atoms with Crippen LogP contribution in [0.4, 0.5) is 0 Å². The van der Waals surface area contributed by atoms with Crippen molar-refractivity contribution < 1.29 is 24.6 Å². The molecular formula is C8H16N2O5. The molecule has 0 heterocycles. The maximum atomic E-state index is 10.3. The zero-order valence-corrected chi connectivity index (χ0v) is 8.47. The smallest absolute Gasteiger partial charge is 0.320 e. The summed E-state index contributed by atoms with van der Waals surface area (Å²) in [5.74, 6) is -2.13. The quantitative estimate of drug-likeness (QED) is 0.455. The Hall–Kier alpha value is -1.47. The number of aliphatic carboxylic acids is 2. The largest absolute Gasteiger partial charge is 0.481 e. The first kappa shape index (κ1) is 16.0. The van der Waals surface area contributed by atoms with Crippen molar-refractivity contribution in [2.45, 2.75) is 25.8 Å². The van der Waals surface area contributed by atoms with Gasteiger partial charge in [0.05, 0.1) is 13.0 Å². The highest BCUT2D eigenvalue weighted by molar-refractivity contribution is 5.83. The molecule has 0 spiro atoms. The van der Waals surface area contributed by atoms with Crippen molar-refractivity contribution in [3.63, 3.8) is 0 Å². The summed E-state index contributed by atoms with van der Waals surface area (Å²) < 4.78 is 0. The molecular weight excluding hydrogens is 204 g/mol. The fraction of sp³-hybridized carbons (Fsp3) is 0.625. The van der Waals surface area contributed by atoms with E-state index in [0.717, 1.165) is 0 Å². The average Bonchev–Trinajstić information content (AvgIpc) is 2.14. The van der Waals surface area contributed by atoms with E-state index in [1.807, 2.05) is 0 Å². The zero-order valence-electron chi connectivity index (χ0n) is 8.47. The van der Waals surface area contributed by atoms with E-state index in [1.54, 1.807) is 0 Å². The predicted molar refractivity (Wildman–Crippen MR) is 52.2 cm³/mol. The SMILES string of the molecule is C[C@H](N)C(=O)O.NCC(=O)CCC(=O)O. The number of ketones is 1. The van der Waals surface area contributed by atoms with Crippen LogP contribution in [0.5, 0.6) is 0 Å². The van der Waals surface area contributed by atoms with Crippen LogP contribution < -0.4 is 11.5 Å². The molecule has 0 aliphatic carbocycles. The summed E-state index contributed by atoms with van der Waals surface area (Å²) in [6.45, 7) is 1.36. The van der Waals surface area contributed by atoms with Gasteiger partial charge in [0.1, 0.15) is 11.8 Å².